The van der Waals surface area contributed by atoms with Gasteiger partial charge in [0.15, 0.2) is 6.61 Å². The lowest BCUT2D eigenvalue weighted by atomic mass is 10.1. The molecule has 27 heavy (non-hydrogen) atoms. The van der Waals surface area contributed by atoms with Gasteiger partial charge in [-0.2, -0.15) is 4.98 Å². The molecule has 2 aromatic carbocycles. The van der Waals surface area contributed by atoms with Gasteiger partial charge in [-0.25, -0.2) is 0 Å². The molecule has 0 aliphatic carbocycles. The van der Waals surface area contributed by atoms with Crippen molar-refractivity contribution in [3.05, 3.63) is 59.5 Å². The maximum atomic E-state index is 12.6. The summed E-state index contributed by atoms with van der Waals surface area (Å²) in [5, 5.41) is 4.02. The first-order valence-electron chi connectivity index (χ1n) is 9.10. The molecule has 3 aromatic rings. The van der Waals surface area contributed by atoms with Gasteiger partial charge in [0.05, 0.1) is 0 Å². The summed E-state index contributed by atoms with van der Waals surface area (Å²) in [5.41, 5.74) is 4.05. The predicted molar refractivity (Wildman–Crippen MR) is 102 cm³/mol. The molecule has 1 amide bonds. The molecule has 0 saturated heterocycles. The highest BCUT2D eigenvalue weighted by Gasteiger charge is 2.25. The van der Waals surface area contributed by atoms with E-state index >= 15 is 0 Å². The Morgan fingerprint density at radius 3 is 2.93 bits per heavy atom. The second-order valence-electron chi connectivity index (χ2n) is 6.61. The summed E-state index contributed by atoms with van der Waals surface area (Å²) in [7, 11) is 0. The highest BCUT2D eigenvalue weighted by molar-refractivity contribution is 5.96. The zero-order valence-corrected chi connectivity index (χ0v) is 15.4. The number of aryl methyl sites for hydroxylation is 2. The molecule has 0 atom stereocenters. The largest absolute Gasteiger partial charge is 0.484 e. The number of hydrogen-bond donors (Lipinski definition) is 0. The monoisotopic (exact) mass is 363 g/mol. The molecule has 138 valence electrons. The van der Waals surface area contributed by atoms with E-state index < -0.39 is 0 Å². The summed E-state index contributed by atoms with van der Waals surface area (Å²) in [5.74, 6) is 1.87. The third-order valence-electron chi connectivity index (χ3n) is 4.66. The Morgan fingerprint density at radius 2 is 2.15 bits per heavy atom. The second kappa shape index (κ2) is 7.23. The van der Waals surface area contributed by atoms with E-state index in [2.05, 4.69) is 10.1 Å². The van der Waals surface area contributed by atoms with Gasteiger partial charge in [-0.05, 0) is 54.8 Å². The van der Waals surface area contributed by atoms with Crippen LogP contribution in [-0.4, -0.2) is 29.2 Å². The molecule has 1 aliphatic rings. The lowest BCUT2D eigenvalue weighted by molar-refractivity contribution is -0.120. The van der Waals surface area contributed by atoms with E-state index in [9.17, 15) is 4.79 Å². The van der Waals surface area contributed by atoms with E-state index in [1.807, 2.05) is 56.3 Å². The standard InChI is InChI=1S/C21H21N3O3/c1-3-19-22-21(23-27-19)16-7-8-18-15(12-16)9-10-24(18)20(25)13-26-17-6-4-5-14(2)11-17/h4-8,11-12H,3,9-10,13H2,1-2H3. The van der Waals surface area contributed by atoms with Gasteiger partial charge in [-0.1, -0.05) is 24.2 Å². The normalized spacial score (nSPS) is 12.9. The number of carbonyl (C=O) groups is 1. The minimum Gasteiger partial charge on any atom is -0.484 e. The topological polar surface area (TPSA) is 68.5 Å². The van der Waals surface area contributed by atoms with Crippen molar-refractivity contribution in [3.8, 4) is 17.1 Å². The Balaban J connectivity index is 1.47. The fourth-order valence-corrected chi connectivity index (χ4v) is 3.24. The summed E-state index contributed by atoms with van der Waals surface area (Å²) in [6.45, 7) is 4.65. The maximum Gasteiger partial charge on any atom is 0.264 e. The molecule has 0 fully saturated rings. The smallest absolute Gasteiger partial charge is 0.264 e. The summed E-state index contributed by atoms with van der Waals surface area (Å²) in [4.78, 5) is 18.8. The van der Waals surface area contributed by atoms with Crippen molar-refractivity contribution in [1.29, 1.82) is 0 Å². The van der Waals surface area contributed by atoms with Crippen LogP contribution in [-0.2, 0) is 17.6 Å². The summed E-state index contributed by atoms with van der Waals surface area (Å²) >= 11 is 0. The van der Waals surface area contributed by atoms with E-state index in [4.69, 9.17) is 9.26 Å². The highest BCUT2D eigenvalue weighted by atomic mass is 16.5. The molecule has 6 nitrogen and oxygen atoms in total. The first-order chi connectivity index (χ1) is 13.1. The van der Waals surface area contributed by atoms with Crippen molar-refractivity contribution >= 4 is 11.6 Å². The lowest BCUT2D eigenvalue weighted by Gasteiger charge is -2.18. The van der Waals surface area contributed by atoms with E-state index in [0.717, 1.165) is 28.8 Å². The molecular formula is C21H21N3O3. The number of hydrogen-bond acceptors (Lipinski definition) is 5. The van der Waals surface area contributed by atoms with E-state index in [1.54, 1.807) is 4.90 Å². The van der Waals surface area contributed by atoms with Gasteiger partial charge in [0.1, 0.15) is 5.75 Å². The van der Waals surface area contributed by atoms with E-state index in [-0.39, 0.29) is 12.5 Å². The molecule has 0 radical (unpaired) electrons. The third-order valence-corrected chi connectivity index (χ3v) is 4.66. The number of ether oxygens (including phenoxy) is 1. The Hall–Kier alpha value is -3.15. The van der Waals surface area contributed by atoms with Crippen molar-refractivity contribution in [2.24, 2.45) is 0 Å². The first kappa shape index (κ1) is 17.3. The molecule has 6 heteroatoms. The fraction of sp³-hybridized carbons (Fsp3) is 0.286. The molecule has 4 rings (SSSR count). The average molecular weight is 363 g/mol. The van der Waals surface area contributed by atoms with Crippen molar-refractivity contribution < 1.29 is 14.1 Å². The number of aromatic nitrogens is 2. The van der Waals surface area contributed by atoms with Crippen molar-refractivity contribution in [2.45, 2.75) is 26.7 Å². The fourth-order valence-electron chi connectivity index (χ4n) is 3.24. The zero-order chi connectivity index (χ0) is 18.8. The minimum atomic E-state index is -0.0455. The van der Waals surface area contributed by atoms with Gasteiger partial charge < -0.3 is 14.2 Å². The Bertz CT molecular complexity index is 980. The van der Waals surface area contributed by atoms with Crippen LogP contribution >= 0.6 is 0 Å². The van der Waals surface area contributed by atoms with Crippen LogP contribution < -0.4 is 9.64 Å². The van der Waals surface area contributed by atoms with Crippen LogP contribution in [0.5, 0.6) is 5.75 Å². The van der Waals surface area contributed by atoms with Crippen molar-refractivity contribution in [1.82, 2.24) is 10.1 Å². The van der Waals surface area contributed by atoms with Crippen LogP contribution in [0.1, 0.15) is 23.9 Å². The van der Waals surface area contributed by atoms with Crippen molar-refractivity contribution in [3.63, 3.8) is 0 Å². The molecule has 2 heterocycles. The van der Waals surface area contributed by atoms with Crippen LogP contribution in [0.3, 0.4) is 0 Å². The van der Waals surface area contributed by atoms with Gasteiger partial charge >= 0.3 is 0 Å². The van der Waals surface area contributed by atoms with Crippen molar-refractivity contribution in [2.75, 3.05) is 18.1 Å². The van der Waals surface area contributed by atoms with Crippen LogP contribution in [0.25, 0.3) is 11.4 Å². The first-order valence-corrected chi connectivity index (χ1v) is 9.10. The molecule has 0 bridgehead atoms. The molecule has 0 spiro atoms. The molecule has 0 N–H and O–H groups in total. The van der Waals surface area contributed by atoms with Crippen LogP contribution in [0.15, 0.2) is 47.0 Å². The van der Waals surface area contributed by atoms with Gasteiger partial charge in [0.25, 0.3) is 5.91 Å². The summed E-state index contributed by atoms with van der Waals surface area (Å²) < 4.78 is 10.8. The van der Waals surface area contributed by atoms with Gasteiger partial charge in [-0.3, -0.25) is 4.79 Å². The minimum absolute atomic E-state index is 0.0232. The number of nitrogens with zero attached hydrogens (tertiary/aromatic N) is 3. The lowest BCUT2D eigenvalue weighted by Crippen LogP contribution is -2.33. The molecular weight excluding hydrogens is 342 g/mol. The summed E-state index contributed by atoms with van der Waals surface area (Å²) in [6, 6.07) is 13.6. The molecule has 1 aromatic heterocycles. The van der Waals surface area contributed by atoms with Gasteiger partial charge in [-0.15, -0.1) is 0 Å². The SMILES string of the molecule is CCc1nc(-c2ccc3c(c2)CCN3C(=O)COc2cccc(C)c2)no1. The maximum absolute atomic E-state index is 12.6. The third kappa shape index (κ3) is 3.56. The quantitative estimate of drug-likeness (QED) is 0.693. The number of amides is 1. The average Bonchev–Trinajstić information content (AvgIpc) is 3.32. The predicted octanol–water partition coefficient (Wildman–Crippen LogP) is 3.58. The van der Waals surface area contributed by atoms with Crippen LogP contribution in [0, 0.1) is 6.92 Å². The van der Waals surface area contributed by atoms with Crippen LogP contribution in [0.2, 0.25) is 0 Å². The second-order valence-corrected chi connectivity index (χ2v) is 6.61. The summed E-state index contributed by atoms with van der Waals surface area (Å²) in [6.07, 6.45) is 1.51. The Kier molecular flexibility index (Phi) is 4.62. The van der Waals surface area contributed by atoms with Gasteiger partial charge in [0, 0.05) is 24.2 Å². The number of anilines is 1. The number of benzene rings is 2. The van der Waals surface area contributed by atoms with Crippen LogP contribution in [0.4, 0.5) is 5.69 Å². The highest BCUT2D eigenvalue weighted by Crippen LogP contribution is 2.31. The molecule has 0 unspecified atom stereocenters. The number of fused-ring (bicyclic) bond motifs is 1. The Morgan fingerprint density at radius 1 is 1.26 bits per heavy atom. The zero-order valence-electron chi connectivity index (χ0n) is 15.4. The van der Waals surface area contributed by atoms with E-state index in [1.165, 1.54) is 0 Å². The Labute approximate surface area is 157 Å². The molecule has 0 saturated carbocycles. The van der Waals surface area contributed by atoms with E-state index in [0.29, 0.717) is 30.4 Å². The number of rotatable bonds is 5. The molecule has 1 aliphatic heterocycles. The number of carbonyl (C=O) groups excluding carboxylic acids is 1. The van der Waals surface area contributed by atoms with Gasteiger partial charge in [0.2, 0.25) is 11.7 Å².